The summed E-state index contributed by atoms with van der Waals surface area (Å²) in [7, 11) is 0. The van der Waals surface area contributed by atoms with Gasteiger partial charge in [0.25, 0.3) is 0 Å². The Hall–Kier alpha value is -1.49. The van der Waals surface area contributed by atoms with Gasteiger partial charge in [-0.2, -0.15) is 0 Å². The second kappa shape index (κ2) is 10.9. The molecule has 1 amide bonds. The molecule has 0 aromatic carbocycles. The molecule has 1 spiro atoms. The summed E-state index contributed by atoms with van der Waals surface area (Å²) in [6.45, 7) is 13.2. The normalized spacial score (nSPS) is 18.5. The van der Waals surface area contributed by atoms with Crippen molar-refractivity contribution >= 4 is 18.8 Å². The monoisotopic (exact) mass is 388 g/mol. The van der Waals surface area contributed by atoms with E-state index in [1.807, 2.05) is 11.1 Å². The zero-order valence-electron chi connectivity index (χ0n) is 18.5. The van der Waals surface area contributed by atoms with Crippen molar-refractivity contribution in [3.05, 3.63) is 11.4 Å². The molecule has 1 aliphatic carbocycles. The summed E-state index contributed by atoms with van der Waals surface area (Å²) in [4.78, 5) is 24.2. The molecule has 0 radical (unpaired) electrons. The van der Waals surface area contributed by atoms with Gasteiger partial charge in [0, 0.05) is 23.9 Å². The fourth-order valence-corrected chi connectivity index (χ4v) is 4.51. The fraction of sp³-hybridized carbons (Fsp3) is 0.783. The predicted molar refractivity (Wildman–Crippen MR) is 119 cm³/mol. The highest BCUT2D eigenvalue weighted by Crippen LogP contribution is 2.58. The summed E-state index contributed by atoms with van der Waals surface area (Å²) in [6, 6.07) is 0.746. The molecule has 1 aliphatic heterocycles. The van der Waals surface area contributed by atoms with Crippen LogP contribution in [0.3, 0.4) is 0 Å². The number of carbonyl (C=O) groups is 1. The Morgan fingerprint density at radius 1 is 1.07 bits per heavy atom. The van der Waals surface area contributed by atoms with Crippen LogP contribution >= 0.6 is 0 Å². The summed E-state index contributed by atoms with van der Waals surface area (Å²) >= 11 is 0. The molecule has 0 atom stereocenters. The first-order valence-electron chi connectivity index (χ1n) is 11.4. The van der Waals surface area contributed by atoms with Crippen LogP contribution in [0.1, 0.15) is 91.9 Å². The maximum Gasteiger partial charge on any atom is 0.239 e. The molecule has 0 saturated heterocycles. The highest BCUT2D eigenvalue weighted by molar-refractivity contribution is 6.03. The number of hydrogen-bond donors (Lipinski definition) is 1. The second-order valence-electron chi connectivity index (χ2n) is 8.33. The van der Waals surface area contributed by atoms with E-state index in [1.165, 1.54) is 25.7 Å². The molecule has 2 rings (SSSR count). The van der Waals surface area contributed by atoms with Crippen molar-refractivity contribution in [1.29, 1.82) is 0 Å². The molecule has 0 aromatic rings. The predicted octanol–water partition coefficient (Wildman–Crippen LogP) is 5.08. The van der Waals surface area contributed by atoms with Crippen molar-refractivity contribution < 1.29 is 4.79 Å². The molecule has 158 valence electrons. The molecule has 1 fully saturated rings. The first-order valence-corrected chi connectivity index (χ1v) is 11.4. The van der Waals surface area contributed by atoms with Gasteiger partial charge in [-0.1, -0.05) is 53.4 Å². The first kappa shape index (κ1) is 22.8. The Balaban J connectivity index is 2.16. The SMILES string of the molecule is C=NC1=C(/C=N\CNC(CCC)CCC)C2(CC2)C(=O)N1C(CCC)CCC. The zero-order valence-corrected chi connectivity index (χ0v) is 18.5. The van der Waals surface area contributed by atoms with Gasteiger partial charge in [-0.15, -0.1) is 0 Å². The molecule has 5 heteroatoms. The molecule has 5 nitrogen and oxygen atoms in total. The summed E-state index contributed by atoms with van der Waals surface area (Å²) < 4.78 is 0. The molecular formula is C23H40N4O. The van der Waals surface area contributed by atoms with E-state index < -0.39 is 0 Å². The highest BCUT2D eigenvalue weighted by Gasteiger charge is 2.61. The van der Waals surface area contributed by atoms with Crippen LogP contribution in [0.25, 0.3) is 0 Å². The van der Waals surface area contributed by atoms with Crippen molar-refractivity contribution in [3.63, 3.8) is 0 Å². The lowest BCUT2D eigenvalue weighted by Crippen LogP contribution is -2.38. The van der Waals surface area contributed by atoms with Gasteiger partial charge in [-0.3, -0.25) is 20.0 Å². The lowest BCUT2D eigenvalue weighted by molar-refractivity contribution is -0.133. The van der Waals surface area contributed by atoms with Crippen LogP contribution in [0.2, 0.25) is 0 Å². The third-order valence-corrected chi connectivity index (χ3v) is 6.09. The van der Waals surface area contributed by atoms with E-state index in [1.54, 1.807) is 0 Å². The molecule has 1 saturated carbocycles. The molecular weight excluding hydrogens is 348 g/mol. The van der Waals surface area contributed by atoms with Crippen molar-refractivity contribution in [1.82, 2.24) is 10.2 Å². The van der Waals surface area contributed by atoms with Crippen LogP contribution < -0.4 is 5.32 Å². The van der Waals surface area contributed by atoms with Gasteiger partial charge in [-0.05, 0) is 45.2 Å². The lowest BCUT2D eigenvalue weighted by atomic mass is 9.98. The molecule has 1 N–H and O–H groups in total. The van der Waals surface area contributed by atoms with Crippen LogP contribution in [0, 0.1) is 5.41 Å². The molecule has 0 aromatic heterocycles. The molecule has 1 heterocycles. The molecule has 0 unspecified atom stereocenters. The Kier molecular flexibility index (Phi) is 8.87. The quantitative estimate of drug-likeness (QED) is 0.422. The molecule has 28 heavy (non-hydrogen) atoms. The van der Waals surface area contributed by atoms with Crippen molar-refractivity contribution in [2.24, 2.45) is 15.4 Å². The van der Waals surface area contributed by atoms with Crippen LogP contribution in [0.5, 0.6) is 0 Å². The van der Waals surface area contributed by atoms with E-state index in [0.717, 1.165) is 49.9 Å². The maximum absolute atomic E-state index is 13.3. The van der Waals surface area contributed by atoms with Gasteiger partial charge in [0.15, 0.2) is 0 Å². The number of aliphatic imine (C=N–C) groups is 2. The molecule has 0 bridgehead atoms. The van der Waals surface area contributed by atoms with Crippen molar-refractivity contribution in [2.45, 2.75) is 104 Å². The Labute approximate surface area is 171 Å². The fourth-order valence-electron chi connectivity index (χ4n) is 4.51. The highest BCUT2D eigenvalue weighted by atomic mass is 16.2. The Bertz CT molecular complexity index is 579. The van der Waals surface area contributed by atoms with E-state index in [4.69, 9.17) is 0 Å². The Morgan fingerprint density at radius 2 is 1.64 bits per heavy atom. The lowest BCUT2D eigenvalue weighted by Gasteiger charge is -2.29. The maximum atomic E-state index is 13.3. The number of hydrogen-bond acceptors (Lipinski definition) is 4. The van der Waals surface area contributed by atoms with Gasteiger partial charge in [0.2, 0.25) is 5.91 Å². The van der Waals surface area contributed by atoms with Gasteiger partial charge in [0.1, 0.15) is 5.82 Å². The first-order chi connectivity index (χ1) is 13.6. The van der Waals surface area contributed by atoms with Crippen LogP contribution in [0.4, 0.5) is 0 Å². The number of nitrogens with one attached hydrogen (secondary N) is 1. The van der Waals surface area contributed by atoms with E-state index in [2.05, 4.69) is 49.7 Å². The summed E-state index contributed by atoms with van der Waals surface area (Å²) in [6.07, 6.45) is 12.6. The summed E-state index contributed by atoms with van der Waals surface area (Å²) in [5.74, 6) is 0.989. The third kappa shape index (κ3) is 4.91. The second-order valence-corrected chi connectivity index (χ2v) is 8.33. The number of rotatable bonds is 14. The standard InChI is InChI=1S/C23H40N4O/c1-6-10-18(11-7-2)26-17-25-16-20-21(24-5)27(19(12-8-3)13-9-4)22(28)23(20)14-15-23/h16,18-19,26H,5-15,17H2,1-4H3/b25-16-. The van der Waals surface area contributed by atoms with Gasteiger partial charge in [-0.25, -0.2) is 4.99 Å². The Morgan fingerprint density at radius 3 is 2.11 bits per heavy atom. The van der Waals surface area contributed by atoms with Crippen molar-refractivity contribution in [3.8, 4) is 0 Å². The minimum Gasteiger partial charge on any atom is -0.296 e. The van der Waals surface area contributed by atoms with Gasteiger partial charge in [0.05, 0.1) is 12.1 Å². The number of amides is 1. The largest absolute Gasteiger partial charge is 0.296 e. The van der Waals surface area contributed by atoms with Crippen LogP contribution in [0.15, 0.2) is 21.4 Å². The van der Waals surface area contributed by atoms with Crippen molar-refractivity contribution in [2.75, 3.05) is 6.67 Å². The van der Waals surface area contributed by atoms with E-state index in [9.17, 15) is 4.79 Å². The van der Waals surface area contributed by atoms with Gasteiger partial charge < -0.3 is 0 Å². The average Bonchev–Trinajstić information content (AvgIpc) is 3.44. The third-order valence-electron chi connectivity index (χ3n) is 6.09. The van der Waals surface area contributed by atoms with Crippen LogP contribution in [-0.2, 0) is 4.79 Å². The van der Waals surface area contributed by atoms with E-state index in [0.29, 0.717) is 12.7 Å². The topological polar surface area (TPSA) is 57.1 Å². The minimum atomic E-state index is -0.369. The summed E-state index contributed by atoms with van der Waals surface area (Å²) in [5.41, 5.74) is 0.625. The molecule has 2 aliphatic rings. The minimum absolute atomic E-state index is 0.225. The van der Waals surface area contributed by atoms with E-state index >= 15 is 0 Å². The van der Waals surface area contributed by atoms with E-state index in [-0.39, 0.29) is 17.4 Å². The smallest absolute Gasteiger partial charge is 0.239 e. The summed E-state index contributed by atoms with van der Waals surface area (Å²) in [5, 5.41) is 3.55. The average molecular weight is 389 g/mol. The number of carbonyl (C=O) groups excluding carboxylic acids is 1. The van der Waals surface area contributed by atoms with Crippen LogP contribution in [-0.4, -0.2) is 42.5 Å². The number of nitrogens with zero attached hydrogens (tertiary/aromatic N) is 3. The zero-order chi connectivity index (χ0) is 20.6. The van der Waals surface area contributed by atoms with Gasteiger partial charge >= 0.3 is 0 Å².